The molecular weight excluding hydrogens is 500 g/mol. The molecule has 0 spiro atoms. The number of hydrogen-bond acceptors (Lipinski definition) is 8. The topological polar surface area (TPSA) is 87.4 Å². The van der Waals surface area contributed by atoms with Gasteiger partial charge in [0.15, 0.2) is 4.80 Å². The van der Waals surface area contributed by atoms with Gasteiger partial charge in [-0.3, -0.25) is 9.36 Å². The van der Waals surface area contributed by atoms with Gasteiger partial charge in [0.2, 0.25) is 0 Å². The summed E-state index contributed by atoms with van der Waals surface area (Å²) in [4.78, 5) is 36.1. The minimum atomic E-state index is -0.678. The highest BCUT2D eigenvalue weighted by molar-refractivity contribution is 7.07. The Morgan fingerprint density at radius 2 is 1.76 bits per heavy atom. The van der Waals surface area contributed by atoms with Crippen LogP contribution in [0.3, 0.4) is 0 Å². The van der Waals surface area contributed by atoms with Gasteiger partial charge in [-0.25, -0.2) is 9.79 Å². The van der Waals surface area contributed by atoms with Crippen LogP contribution in [0.25, 0.3) is 6.08 Å². The normalized spacial score (nSPS) is 15.2. The molecule has 3 aromatic rings. The summed E-state index contributed by atoms with van der Waals surface area (Å²) in [5.74, 6) is -0.395. The lowest BCUT2D eigenvalue weighted by Gasteiger charge is -2.25. The largest absolute Gasteiger partial charge is 0.507 e. The van der Waals surface area contributed by atoms with Crippen molar-refractivity contribution in [1.82, 2.24) is 4.57 Å². The highest BCUT2D eigenvalue weighted by Crippen LogP contribution is 2.32. The zero-order chi connectivity index (χ0) is 27.6. The first-order valence-corrected chi connectivity index (χ1v) is 13.6. The maximum atomic E-state index is 13.8. The lowest BCUT2D eigenvalue weighted by atomic mass is 9.95. The molecule has 0 bridgehead atoms. The van der Waals surface area contributed by atoms with Crippen LogP contribution in [0, 0.1) is 0 Å². The molecule has 1 N–H and O–H groups in total. The number of esters is 1. The third-order valence-electron chi connectivity index (χ3n) is 6.67. The third kappa shape index (κ3) is 5.11. The van der Waals surface area contributed by atoms with Gasteiger partial charge in [0.1, 0.15) is 5.75 Å². The van der Waals surface area contributed by atoms with Crippen LogP contribution in [-0.2, 0) is 9.53 Å². The fourth-order valence-corrected chi connectivity index (χ4v) is 5.68. The number of fused-ring (bicyclic) bond motifs is 1. The quantitative estimate of drug-likeness (QED) is 0.446. The van der Waals surface area contributed by atoms with Crippen LogP contribution in [0.15, 0.2) is 63.5 Å². The van der Waals surface area contributed by atoms with Crippen molar-refractivity contribution in [1.29, 1.82) is 0 Å². The highest BCUT2D eigenvalue weighted by atomic mass is 32.1. The predicted molar refractivity (Wildman–Crippen MR) is 153 cm³/mol. The van der Waals surface area contributed by atoms with Gasteiger partial charge >= 0.3 is 5.97 Å². The van der Waals surface area contributed by atoms with Crippen molar-refractivity contribution in [3.63, 3.8) is 0 Å². The molecule has 2 heterocycles. The van der Waals surface area contributed by atoms with E-state index in [0.717, 1.165) is 30.0 Å². The van der Waals surface area contributed by atoms with E-state index < -0.39 is 12.0 Å². The molecule has 0 saturated heterocycles. The summed E-state index contributed by atoms with van der Waals surface area (Å²) in [5, 5.41) is 10.7. The number of thiazole rings is 1. The number of carbonyl (C=O) groups is 1. The number of aromatic nitrogens is 1. The average molecular weight is 535 g/mol. The van der Waals surface area contributed by atoms with Crippen molar-refractivity contribution >= 4 is 34.8 Å². The van der Waals surface area contributed by atoms with Gasteiger partial charge in [-0.15, -0.1) is 0 Å². The maximum absolute atomic E-state index is 13.8. The van der Waals surface area contributed by atoms with Crippen molar-refractivity contribution in [2.45, 2.75) is 33.7 Å². The van der Waals surface area contributed by atoms with Gasteiger partial charge in [-0.2, -0.15) is 0 Å². The maximum Gasteiger partial charge on any atom is 0.338 e. The van der Waals surface area contributed by atoms with Crippen LogP contribution < -0.4 is 24.7 Å². The molecule has 0 radical (unpaired) electrons. The third-order valence-corrected chi connectivity index (χ3v) is 7.65. The van der Waals surface area contributed by atoms with Crippen molar-refractivity contribution in [3.8, 4) is 5.75 Å². The molecule has 38 heavy (non-hydrogen) atoms. The van der Waals surface area contributed by atoms with E-state index in [4.69, 9.17) is 4.74 Å². The Balaban J connectivity index is 1.88. The smallest absolute Gasteiger partial charge is 0.338 e. The first-order valence-electron chi connectivity index (χ1n) is 12.7. The van der Waals surface area contributed by atoms with Crippen LogP contribution in [0.1, 0.15) is 44.9 Å². The summed E-state index contributed by atoms with van der Waals surface area (Å²) in [5.41, 5.74) is 3.83. The predicted octanol–water partition coefficient (Wildman–Crippen LogP) is 3.42. The van der Waals surface area contributed by atoms with Crippen molar-refractivity contribution in [2.75, 3.05) is 43.6 Å². The van der Waals surface area contributed by atoms with Gasteiger partial charge in [-0.05, 0) is 63.6 Å². The zero-order valence-corrected chi connectivity index (χ0v) is 23.5. The van der Waals surface area contributed by atoms with E-state index >= 15 is 0 Å². The van der Waals surface area contributed by atoms with E-state index in [1.54, 1.807) is 30.6 Å². The zero-order valence-electron chi connectivity index (χ0n) is 22.7. The molecular formula is C29H34N4O4S. The molecule has 0 fully saturated rings. The Morgan fingerprint density at radius 3 is 2.34 bits per heavy atom. The molecule has 8 nitrogen and oxygen atoms in total. The molecule has 2 aromatic carbocycles. The number of hydrogen-bond donors (Lipinski definition) is 1. The average Bonchev–Trinajstić information content (AvgIpc) is 3.19. The highest BCUT2D eigenvalue weighted by Gasteiger charge is 2.33. The number of allylic oxidation sites excluding steroid dienone is 1. The number of benzene rings is 2. The number of carbonyl (C=O) groups excluding carboxylic acids is 1. The number of rotatable bonds is 8. The van der Waals surface area contributed by atoms with Crippen molar-refractivity contribution in [3.05, 3.63) is 84.5 Å². The first kappa shape index (κ1) is 27.2. The monoisotopic (exact) mass is 534 g/mol. The van der Waals surface area contributed by atoms with Gasteiger partial charge < -0.3 is 19.6 Å². The van der Waals surface area contributed by atoms with Gasteiger partial charge in [0.25, 0.3) is 5.56 Å². The van der Waals surface area contributed by atoms with Crippen molar-refractivity contribution in [2.24, 2.45) is 4.99 Å². The minimum absolute atomic E-state index is 0.0967. The van der Waals surface area contributed by atoms with E-state index in [0.29, 0.717) is 26.2 Å². The lowest BCUT2D eigenvalue weighted by Crippen LogP contribution is -2.39. The molecule has 1 aliphatic rings. The Bertz CT molecular complexity index is 1550. The van der Waals surface area contributed by atoms with Gasteiger partial charge in [0.05, 0.1) is 28.5 Å². The molecule has 1 atom stereocenters. The van der Waals surface area contributed by atoms with Crippen molar-refractivity contribution < 1.29 is 14.6 Å². The van der Waals surface area contributed by atoms with E-state index in [9.17, 15) is 14.7 Å². The minimum Gasteiger partial charge on any atom is -0.507 e. The lowest BCUT2D eigenvalue weighted by molar-refractivity contribution is -0.139. The molecule has 4 rings (SSSR count). The van der Waals surface area contributed by atoms with Crippen LogP contribution in [0.5, 0.6) is 5.75 Å². The molecule has 1 aromatic heterocycles. The number of aromatic hydroxyl groups is 1. The number of phenolic OH excluding ortho intramolecular Hbond substituents is 1. The molecule has 0 amide bonds. The van der Waals surface area contributed by atoms with E-state index in [2.05, 4.69) is 23.7 Å². The summed E-state index contributed by atoms with van der Waals surface area (Å²) in [7, 11) is 3.91. The number of nitrogens with zero attached hydrogens (tertiary/aromatic N) is 4. The molecule has 0 aliphatic carbocycles. The fraction of sp³-hybridized carbons (Fsp3) is 0.345. The molecule has 0 unspecified atom stereocenters. The van der Waals surface area contributed by atoms with Crippen LogP contribution in [-0.4, -0.2) is 49.4 Å². The summed E-state index contributed by atoms with van der Waals surface area (Å²) < 4.78 is 7.34. The van der Waals surface area contributed by atoms with Gasteiger partial charge in [0, 0.05) is 50.2 Å². The Hall–Kier alpha value is -3.85. The fourth-order valence-electron chi connectivity index (χ4n) is 4.64. The summed E-state index contributed by atoms with van der Waals surface area (Å²) in [6, 6.07) is 12.6. The van der Waals surface area contributed by atoms with Crippen LogP contribution in [0.4, 0.5) is 11.4 Å². The Kier molecular flexibility index (Phi) is 8.06. The van der Waals surface area contributed by atoms with E-state index in [-0.39, 0.29) is 17.9 Å². The first-order chi connectivity index (χ1) is 18.2. The molecule has 200 valence electrons. The Labute approximate surface area is 226 Å². The van der Waals surface area contributed by atoms with Gasteiger partial charge in [-0.1, -0.05) is 23.5 Å². The molecule has 0 saturated carbocycles. The second-order valence-corrected chi connectivity index (χ2v) is 10.2. The number of anilines is 2. The van der Waals surface area contributed by atoms with E-state index in [1.807, 2.05) is 55.4 Å². The molecule has 1 aliphatic heterocycles. The number of ether oxygens (including phenoxy) is 1. The van der Waals surface area contributed by atoms with Crippen LogP contribution in [0.2, 0.25) is 0 Å². The standard InChI is InChI=1S/C29H34N4O4S/c1-7-32(8-2)22-15-12-20(23(34)17-22)16-24-27(35)33-26(19-10-13-21(14-11-19)31(5)6)25(28(36)37-9-3)18(4)30-29(33)38-24/h10-17,26,34H,7-9H2,1-6H3/b24-16-/t26-/m1/s1. The summed E-state index contributed by atoms with van der Waals surface area (Å²) >= 11 is 1.23. The Morgan fingerprint density at radius 1 is 1.11 bits per heavy atom. The molecule has 9 heteroatoms. The van der Waals surface area contributed by atoms with E-state index in [1.165, 1.54) is 11.3 Å². The summed E-state index contributed by atoms with van der Waals surface area (Å²) in [6.45, 7) is 9.51. The second-order valence-electron chi connectivity index (χ2n) is 9.20. The summed E-state index contributed by atoms with van der Waals surface area (Å²) in [6.07, 6.45) is 1.68. The second kappa shape index (κ2) is 11.3. The number of phenols is 1. The SMILES string of the molecule is CCOC(=O)C1=C(C)N=c2s/c(=C\c3ccc(N(CC)CC)cc3O)c(=O)n2[C@@H]1c1ccc(N(C)C)cc1. The van der Waals surface area contributed by atoms with Crippen LogP contribution >= 0.6 is 11.3 Å².